The zero-order chi connectivity index (χ0) is 8.77. The van der Waals surface area contributed by atoms with Gasteiger partial charge in [0.25, 0.3) is 0 Å². The van der Waals surface area contributed by atoms with Gasteiger partial charge in [-0.25, -0.2) is 0 Å². The van der Waals surface area contributed by atoms with Gasteiger partial charge in [0, 0.05) is 0 Å². The highest BCUT2D eigenvalue weighted by atomic mass is 14.5. The molecular weight excluding hydrogens is 144 g/mol. The minimum atomic E-state index is 0.646. The molecule has 0 N–H and O–H groups in total. The van der Waals surface area contributed by atoms with Crippen LogP contribution in [0, 0.1) is 23.2 Å². The summed E-state index contributed by atoms with van der Waals surface area (Å²) in [5.41, 5.74) is 0.646. The van der Waals surface area contributed by atoms with Crippen LogP contribution in [0.4, 0.5) is 0 Å². The lowest BCUT2D eigenvalue weighted by molar-refractivity contribution is 0.208. The maximum absolute atomic E-state index is 2.49. The van der Waals surface area contributed by atoms with Crippen molar-refractivity contribution in [1.82, 2.24) is 0 Å². The SMILES string of the molecule is CC(C)CC1(C)CC2C=CC1C2. The second-order valence-corrected chi connectivity index (χ2v) is 5.44. The molecule has 0 nitrogen and oxygen atoms in total. The summed E-state index contributed by atoms with van der Waals surface area (Å²) < 4.78 is 0. The Morgan fingerprint density at radius 3 is 2.58 bits per heavy atom. The standard InChI is InChI=1S/C12H20/c1-9(2)7-12(3)8-10-4-5-11(12)6-10/h4-5,9-11H,6-8H2,1-3H3. The average Bonchev–Trinajstić information content (AvgIpc) is 2.42. The highest BCUT2D eigenvalue weighted by Crippen LogP contribution is 2.54. The normalized spacial score (nSPS) is 44.7. The number of hydrogen-bond donors (Lipinski definition) is 0. The van der Waals surface area contributed by atoms with Crippen molar-refractivity contribution in [3.05, 3.63) is 12.2 Å². The van der Waals surface area contributed by atoms with Gasteiger partial charge in [-0.15, -0.1) is 0 Å². The van der Waals surface area contributed by atoms with E-state index in [-0.39, 0.29) is 0 Å². The van der Waals surface area contributed by atoms with Crippen molar-refractivity contribution in [3.8, 4) is 0 Å². The van der Waals surface area contributed by atoms with Crippen LogP contribution in [-0.4, -0.2) is 0 Å². The quantitative estimate of drug-likeness (QED) is 0.547. The van der Waals surface area contributed by atoms with E-state index < -0.39 is 0 Å². The summed E-state index contributed by atoms with van der Waals surface area (Å²) in [4.78, 5) is 0. The third-order valence-corrected chi connectivity index (χ3v) is 3.67. The lowest BCUT2D eigenvalue weighted by atomic mass is 9.72. The van der Waals surface area contributed by atoms with Gasteiger partial charge in [0.05, 0.1) is 0 Å². The fraction of sp³-hybridized carbons (Fsp3) is 0.833. The van der Waals surface area contributed by atoms with E-state index in [0.717, 1.165) is 17.8 Å². The molecule has 1 saturated carbocycles. The van der Waals surface area contributed by atoms with Gasteiger partial charge in [0.15, 0.2) is 0 Å². The van der Waals surface area contributed by atoms with Gasteiger partial charge in [0.1, 0.15) is 0 Å². The molecular formula is C12H20. The zero-order valence-corrected chi connectivity index (χ0v) is 8.51. The first-order valence-corrected chi connectivity index (χ1v) is 5.28. The molecule has 2 aliphatic carbocycles. The lowest BCUT2D eigenvalue weighted by Crippen LogP contribution is -2.23. The van der Waals surface area contributed by atoms with Gasteiger partial charge < -0.3 is 0 Å². The Kier molecular flexibility index (Phi) is 1.82. The van der Waals surface area contributed by atoms with Crippen molar-refractivity contribution in [2.24, 2.45) is 23.2 Å². The maximum Gasteiger partial charge on any atom is -0.0173 e. The second kappa shape index (κ2) is 2.61. The van der Waals surface area contributed by atoms with Crippen molar-refractivity contribution < 1.29 is 0 Å². The topological polar surface area (TPSA) is 0 Å². The monoisotopic (exact) mass is 164 g/mol. The summed E-state index contributed by atoms with van der Waals surface area (Å²) in [6.45, 7) is 7.18. The summed E-state index contributed by atoms with van der Waals surface area (Å²) in [5, 5.41) is 0. The summed E-state index contributed by atoms with van der Waals surface area (Å²) >= 11 is 0. The van der Waals surface area contributed by atoms with Gasteiger partial charge in [-0.1, -0.05) is 32.9 Å². The highest BCUT2D eigenvalue weighted by Gasteiger charge is 2.44. The van der Waals surface area contributed by atoms with Crippen molar-refractivity contribution in [3.63, 3.8) is 0 Å². The van der Waals surface area contributed by atoms with Crippen molar-refractivity contribution in [1.29, 1.82) is 0 Å². The maximum atomic E-state index is 2.49. The van der Waals surface area contributed by atoms with E-state index in [1.54, 1.807) is 0 Å². The van der Waals surface area contributed by atoms with Gasteiger partial charge >= 0.3 is 0 Å². The first kappa shape index (κ1) is 8.34. The van der Waals surface area contributed by atoms with Crippen LogP contribution in [0.1, 0.15) is 40.0 Å². The molecule has 1 fully saturated rings. The van der Waals surface area contributed by atoms with Gasteiger partial charge in [-0.3, -0.25) is 0 Å². The van der Waals surface area contributed by atoms with Crippen LogP contribution in [0.5, 0.6) is 0 Å². The number of fused-ring (bicyclic) bond motifs is 2. The molecule has 0 heterocycles. The molecule has 0 radical (unpaired) electrons. The van der Waals surface area contributed by atoms with Crippen LogP contribution in [0.25, 0.3) is 0 Å². The summed E-state index contributed by atoms with van der Waals surface area (Å²) in [7, 11) is 0. The van der Waals surface area contributed by atoms with Crippen LogP contribution in [0.3, 0.4) is 0 Å². The Morgan fingerprint density at radius 2 is 2.17 bits per heavy atom. The van der Waals surface area contributed by atoms with Crippen LogP contribution in [-0.2, 0) is 0 Å². The van der Waals surface area contributed by atoms with Crippen LogP contribution in [0.2, 0.25) is 0 Å². The molecule has 0 aromatic heterocycles. The zero-order valence-electron chi connectivity index (χ0n) is 8.51. The second-order valence-electron chi connectivity index (χ2n) is 5.44. The summed E-state index contributed by atoms with van der Waals surface area (Å²) in [5.74, 6) is 2.70. The molecule has 0 spiro atoms. The van der Waals surface area contributed by atoms with E-state index in [2.05, 4.69) is 32.9 Å². The van der Waals surface area contributed by atoms with E-state index in [1.807, 2.05) is 0 Å². The fourth-order valence-corrected chi connectivity index (χ4v) is 3.36. The van der Waals surface area contributed by atoms with E-state index in [4.69, 9.17) is 0 Å². The van der Waals surface area contributed by atoms with Crippen LogP contribution < -0.4 is 0 Å². The molecule has 12 heavy (non-hydrogen) atoms. The molecule has 3 atom stereocenters. The molecule has 68 valence electrons. The predicted molar refractivity (Wildman–Crippen MR) is 52.9 cm³/mol. The third kappa shape index (κ3) is 1.22. The molecule has 0 heteroatoms. The fourth-order valence-electron chi connectivity index (χ4n) is 3.36. The summed E-state index contributed by atoms with van der Waals surface area (Å²) in [6.07, 6.45) is 9.22. The minimum absolute atomic E-state index is 0.646. The van der Waals surface area contributed by atoms with Crippen LogP contribution >= 0.6 is 0 Å². The smallest absolute Gasteiger partial charge is 0.0173 e. The van der Waals surface area contributed by atoms with Crippen molar-refractivity contribution >= 4 is 0 Å². The van der Waals surface area contributed by atoms with Gasteiger partial charge in [-0.2, -0.15) is 0 Å². The molecule has 0 aliphatic heterocycles. The number of hydrogen-bond acceptors (Lipinski definition) is 0. The number of allylic oxidation sites excluding steroid dienone is 2. The largest absolute Gasteiger partial charge is 0.0851 e. The van der Waals surface area contributed by atoms with Gasteiger partial charge in [0.2, 0.25) is 0 Å². The Labute approximate surface area is 76.1 Å². The third-order valence-electron chi connectivity index (χ3n) is 3.67. The van der Waals surface area contributed by atoms with E-state index in [9.17, 15) is 0 Å². The van der Waals surface area contributed by atoms with Crippen LogP contribution in [0.15, 0.2) is 12.2 Å². The highest BCUT2D eigenvalue weighted by molar-refractivity contribution is 5.14. The minimum Gasteiger partial charge on any atom is -0.0851 e. The average molecular weight is 164 g/mol. The Hall–Kier alpha value is -0.260. The summed E-state index contributed by atoms with van der Waals surface area (Å²) in [6, 6.07) is 0. The number of rotatable bonds is 2. The first-order chi connectivity index (χ1) is 5.60. The predicted octanol–water partition coefficient (Wildman–Crippen LogP) is 3.63. The Balaban J connectivity index is 2.08. The Bertz CT molecular complexity index is 202. The van der Waals surface area contributed by atoms with Gasteiger partial charge in [-0.05, 0) is 42.4 Å². The first-order valence-electron chi connectivity index (χ1n) is 5.28. The van der Waals surface area contributed by atoms with E-state index in [0.29, 0.717) is 5.41 Å². The molecule has 3 unspecified atom stereocenters. The molecule has 2 aliphatic rings. The van der Waals surface area contributed by atoms with E-state index >= 15 is 0 Å². The Morgan fingerprint density at radius 1 is 1.42 bits per heavy atom. The lowest BCUT2D eigenvalue weighted by Gasteiger charge is -2.33. The van der Waals surface area contributed by atoms with Crippen molar-refractivity contribution in [2.75, 3.05) is 0 Å². The molecule has 0 amide bonds. The molecule has 0 aromatic rings. The molecule has 2 bridgehead atoms. The molecule has 0 saturated heterocycles. The molecule has 2 rings (SSSR count). The molecule has 0 aromatic carbocycles. The van der Waals surface area contributed by atoms with Crippen molar-refractivity contribution in [2.45, 2.75) is 40.0 Å². The van der Waals surface area contributed by atoms with E-state index in [1.165, 1.54) is 19.3 Å².